The van der Waals surface area contributed by atoms with E-state index in [1.807, 2.05) is 32.2 Å². The van der Waals surface area contributed by atoms with Crippen molar-refractivity contribution >= 4 is 11.0 Å². The van der Waals surface area contributed by atoms with E-state index >= 15 is 0 Å². The number of aromatic amines is 1. The molecule has 0 amide bonds. The molecule has 3 heterocycles. The highest BCUT2D eigenvalue weighted by molar-refractivity contribution is 5.76. The van der Waals surface area contributed by atoms with E-state index < -0.39 is 0 Å². The van der Waals surface area contributed by atoms with Crippen molar-refractivity contribution in [3.63, 3.8) is 0 Å². The van der Waals surface area contributed by atoms with Crippen molar-refractivity contribution < 1.29 is 9.47 Å². The summed E-state index contributed by atoms with van der Waals surface area (Å²) in [6.45, 7) is 7.20. The van der Waals surface area contributed by atoms with Gasteiger partial charge in [-0.15, -0.1) is 0 Å². The van der Waals surface area contributed by atoms with E-state index in [0.717, 1.165) is 36.8 Å². The van der Waals surface area contributed by atoms with Gasteiger partial charge in [0.2, 0.25) is 0 Å². The summed E-state index contributed by atoms with van der Waals surface area (Å²) < 4.78 is 11.3. The molecule has 0 saturated carbocycles. The Labute approximate surface area is 166 Å². The number of H-pyrrole nitrogens is 1. The Balaban J connectivity index is 1.37. The SMILES string of the molecule is COc1cc(CN2CCC(c3cc4cccnc4[nH]3)CC2)ccc1OC(C)C. The molecule has 1 aliphatic rings. The van der Waals surface area contributed by atoms with Crippen molar-refractivity contribution in [1.29, 1.82) is 0 Å². The van der Waals surface area contributed by atoms with Crippen LogP contribution in [0, 0.1) is 0 Å². The number of benzene rings is 1. The second-order valence-electron chi connectivity index (χ2n) is 7.87. The minimum atomic E-state index is 0.138. The Bertz CT molecular complexity index is 893. The Morgan fingerprint density at radius 3 is 2.68 bits per heavy atom. The highest BCUT2D eigenvalue weighted by atomic mass is 16.5. The number of likely N-dealkylation sites (tertiary alicyclic amines) is 1. The minimum absolute atomic E-state index is 0.138. The van der Waals surface area contributed by atoms with Crippen LogP contribution in [0.15, 0.2) is 42.6 Å². The van der Waals surface area contributed by atoms with Gasteiger partial charge < -0.3 is 14.5 Å². The van der Waals surface area contributed by atoms with Crippen LogP contribution in [0.5, 0.6) is 11.5 Å². The van der Waals surface area contributed by atoms with E-state index in [2.05, 4.69) is 39.1 Å². The van der Waals surface area contributed by atoms with Gasteiger partial charge in [0.05, 0.1) is 13.2 Å². The fourth-order valence-corrected chi connectivity index (χ4v) is 4.02. The summed E-state index contributed by atoms with van der Waals surface area (Å²) in [5.74, 6) is 2.21. The molecule has 0 radical (unpaired) electrons. The molecule has 0 atom stereocenters. The normalized spacial score (nSPS) is 16.0. The molecule has 4 rings (SSSR count). The molecule has 2 aromatic heterocycles. The Morgan fingerprint density at radius 1 is 1.14 bits per heavy atom. The van der Waals surface area contributed by atoms with E-state index in [1.54, 1.807) is 7.11 Å². The highest BCUT2D eigenvalue weighted by Gasteiger charge is 2.22. The molecule has 3 aromatic rings. The first-order valence-electron chi connectivity index (χ1n) is 10.1. The van der Waals surface area contributed by atoms with Gasteiger partial charge in [-0.05, 0) is 75.7 Å². The van der Waals surface area contributed by atoms with E-state index in [-0.39, 0.29) is 6.10 Å². The van der Waals surface area contributed by atoms with E-state index in [9.17, 15) is 0 Å². The van der Waals surface area contributed by atoms with Gasteiger partial charge >= 0.3 is 0 Å². The summed E-state index contributed by atoms with van der Waals surface area (Å²) in [4.78, 5) is 10.5. The van der Waals surface area contributed by atoms with Crippen molar-refractivity contribution in [2.24, 2.45) is 0 Å². The van der Waals surface area contributed by atoms with Crippen LogP contribution < -0.4 is 9.47 Å². The zero-order valence-electron chi connectivity index (χ0n) is 16.9. The maximum atomic E-state index is 5.82. The molecule has 0 unspecified atom stereocenters. The average molecular weight is 380 g/mol. The van der Waals surface area contributed by atoms with Crippen LogP contribution in [0.4, 0.5) is 0 Å². The zero-order valence-corrected chi connectivity index (χ0v) is 16.9. The second kappa shape index (κ2) is 8.23. The third-order valence-corrected chi connectivity index (χ3v) is 5.44. The fraction of sp³-hybridized carbons (Fsp3) is 0.435. The predicted molar refractivity (Wildman–Crippen MR) is 112 cm³/mol. The third kappa shape index (κ3) is 4.14. The Morgan fingerprint density at radius 2 is 1.96 bits per heavy atom. The number of methoxy groups -OCH3 is 1. The quantitative estimate of drug-likeness (QED) is 0.672. The summed E-state index contributed by atoms with van der Waals surface area (Å²) in [7, 11) is 1.70. The lowest BCUT2D eigenvalue weighted by molar-refractivity contribution is 0.202. The van der Waals surface area contributed by atoms with Gasteiger partial charge in [0.1, 0.15) is 5.65 Å². The van der Waals surface area contributed by atoms with Gasteiger partial charge in [0, 0.05) is 29.7 Å². The number of nitrogens with one attached hydrogen (secondary N) is 1. The standard InChI is InChI=1S/C23H29N3O2/c1-16(2)28-21-7-6-17(13-22(21)27-3)15-26-11-8-18(9-12-26)20-14-19-5-4-10-24-23(19)25-20/h4-7,10,13-14,16,18H,8-9,11-12,15H2,1-3H3,(H,24,25). The predicted octanol–water partition coefficient (Wildman–Crippen LogP) is 4.74. The summed E-state index contributed by atoms with van der Waals surface area (Å²) in [6.07, 6.45) is 4.31. The third-order valence-electron chi connectivity index (χ3n) is 5.44. The molecule has 5 heteroatoms. The van der Waals surface area contributed by atoms with Crippen LogP contribution >= 0.6 is 0 Å². The lowest BCUT2D eigenvalue weighted by Crippen LogP contribution is -2.32. The maximum absolute atomic E-state index is 5.82. The lowest BCUT2D eigenvalue weighted by Gasteiger charge is -2.31. The molecule has 28 heavy (non-hydrogen) atoms. The van der Waals surface area contributed by atoms with E-state index in [0.29, 0.717) is 5.92 Å². The van der Waals surface area contributed by atoms with Gasteiger partial charge in [0.15, 0.2) is 11.5 Å². The van der Waals surface area contributed by atoms with Crippen LogP contribution in [0.3, 0.4) is 0 Å². The number of hydrogen-bond acceptors (Lipinski definition) is 4. The van der Waals surface area contributed by atoms with Crippen molar-refractivity contribution in [1.82, 2.24) is 14.9 Å². The summed E-state index contributed by atoms with van der Waals surface area (Å²) >= 11 is 0. The van der Waals surface area contributed by atoms with Crippen LogP contribution in [0.2, 0.25) is 0 Å². The molecule has 1 N–H and O–H groups in total. The van der Waals surface area contributed by atoms with Gasteiger partial charge in [-0.25, -0.2) is 4.98 Å². The molecule has 0 aliphatic carbocycles. The van der Waals surface area contributed by atoms with Crippen molar-refractivity contribution in [3.8, 4) is 11.5 Å². The van der Waals surface area contributed by atoms with Crippen LogP contribution in [0.1, 0.15) is 43.9 Å². The van der Waals surface area contributed by atoms with Gasteiger partial charge in [-0.1, -0.05) is 6.07 Å². The molecular weight excluding hydrogens is 350 g/mol. The first kappa shape index (κ1) is 18.8. The Hall–Kier alpha value is -2.53. The molecule has 1 aromatic carbocycles. The van der Waals surface area contributed by atoms with Gasteiger partial charge in [-0.2, -0.15) is 0 Å². The molecular formula is C23H29N3O2. The molecule has 5 nitrogen and oxygen atoms in total. The lowest BCUT2D eigenvalue weighted by atomic mass is 9.93. The summed E-state index contributed by atoms with van der Waals surface area (Å²) in [5, 5.41) is 1.20. The van der Waals surface area contributed by atoms with Crippen LogP contribution in [-0.4, -0.2) is 41.2 Å². The number of piperidine rings is 1. The van der Waals surface area contributed by atoms with Gasteiger partial charge in [0.25, 0.3) is 0 Å². The molecule has 0 bridgehead atoms. The number of pyridine rings is 1. The first-order chi connectivity index (χ1) is 13.6. The largest absolute Gasteiger partial charge is 0.493 e. The molecule has 0 spiro atoms. The Kier molecular flexibility index (Phi) is 5.53. The molecule has 148 valence electrons. The van der Waals surface area contributed by atoms with Crippen molar-refractivity contribution in [3.05, 3.63) is 53.9 Å². The molecule has 1 fully saturated rings. The van der Waals surface area contributed by atoms with Crippen molar-refractivity contribution in [2.75, 3.05) is 20.2 Å². The van der Waals surface area contributed by atoms with Gasteiger partial charge in [-0.3, -0.25) is 4.90 Å². The molecule has 1 aliphatic heterocycles. The van der Waals surface area contributed by atoms with Crippen molar-refractivity contribution in [2.45, 2.75) is 45.3 Å². The number of ether oxygens (including phenoxy) is 2. The molecule has 1 saturated heterocycles. The van der Waals surface area contributed by atoms with Crippen LogP contribution in [0.25, 0.3) is 11.0 Å². The zero-order chi connectivity index (χ0) is 19.5. The van der Waals surface area contributed by atoms with E-state index in [1.165, 1.54) is 29.5 Å². The topological polar surface area (TPSA) is 50.4 Å². The maximum Gasteiger partial charge on any atom is 0.161 e. The minimum Gasteiger partial charge on any atom is -0.493 e. The number of nitrogens with zero attached hydrogens (tertiary/aromatic N) is 2. The second-order valence-corrected chi connectivity index (χ2v) is 7.87. The average Bonchev–Trinajstić information content (AvgIpc) is 3.13. The summed E-state index contributed by atoms with van der Waals surface area (Å²) in [5.41, 5.74) is 3.59. The smallest absolute Gasteiger partial charge is 0.161 e. The number of hydrogen-bond donors (Lipinski definition) is 1. The number of rotatable bonds is 6. The van der Waals surface area contributed by atoms with E-state index in [4.69, 9.17) is 9.47 Å². The highest BCUT2D eigenvalue weighted by Crippen LogP contribution is 2.32. The fourth-order valence-electron chi connectivity index (χ4n) is 4.02. The first-order valence-corrected chi connectivity index (χ1v) is 10.1. The summed E-state index contributed by atoms with van der Waals surface area (Å²) in [6, 6.07) is 12.7. The number of fused-ring (bicyclic) bond motifs is 1. The van der Waals surface area contributed by atoms with Crippen LogP contribution in [-0.2, 0) is 6.54 Å². The monoisotopic (exact) mass is 379 g/mol. The number of aromatic nitrogens is 2.